The normalized spacial score (nSPS) is 16.9. The van der Waals surface area contributed by atoms with Crippen LogP contribution in [0.15, 0.2) is 27.9 Å². The standard InChI is InChI=1S/C21H18FN3O4S/c1-23-6-11-9-4-17(30-2)14(22)5-15(9)24-18-12(11)7-25-16(18)3-10-13(20(25)27)8-29-21(28)19(10)26/h3-5,19,23,26H,6-8H2,1-2H3. The van der Waals surface area contributed by atoms with Crippen LogP contribution in [-0.4, -0.2) is 33.9 Å². The van der Waals surface area contributed by atoms with Crippen LogP contribution < -0.4 is 10.9 Å². The quantitative estimate of drug-likeness (QED) is 0.382. The maximum absolute atomic E-state index is 14.5. The smallest absolute Gasteiger partial charge is 0.340 e. The van der Waals surface area contributed by atoms with E-state index in [2.05, 4.69) is 10.3 Å². The number of hydrogen-bond acceptors (Lipinski definition) is 7. The number of benzene rings is 1. The van der Waals surface area contributed by atoms with Gasteiger partial charge in [0.1, 0.15) is 12.4 Å². The van der Waals surface area contributed by atoms with E-state index in [0.717, 1.165) is 16.5 Å². The highest BCUT2D eigenvalue weighted by molar-refractivity contribution is 7.98. The number of nitrogens with zero attached hydrogens (tertiary/aromatic N) is 2. The van der Waals surface area contributed by atoms with Crippen LogP contribution in [0.2, 0.25) is 0 Å². The Hall–Kier alpha value is -2.75. The second-order valence-electron chi connectivity index (χ2n) is 7.32. The van der Waals surface area contributed by atoms with Gasteiger partial charge in [-0.15, -0.1) is 11.8 Å². The van der Waals surface area contributed by atoms with E-state index in [4.69, 9.17) is 4.74 Å². The molecule has 2 aliphatic rings. The van der Waals surface area contributed by atoms with Crippen LogP contribution in [-0.2, 0) is 29.2 Å². The Morgan fingerprint density at radius 2 is 2.13 bits per heavy atom. The molecule has 0 radical (unpaired) electrons. The lowest BCUT2D eigenvalue weighted by atomic mass is 9.98. The lowest BCUT2D eigenvalue weighted by Gasteiger charge is -2.21. The third-order valence-corrected chi connectivity index (χ3v) is 6.45. The second-order valence-corrected chi connectivity index (χ2v) is 8.16. The van der Waals surface area contributed by atoms with Crippen molar-refractivity contribution in [2.75, 3.05) is 13.3 Å². The van der Waals surface area contributed by atoms with Crippen molar-refractivity contribution in [3.63, 3.8) is 0 Å². The van der Waals surface area contributed by atoms with Crippen LogP contribution in [0, 0.1) is 5.82 Å². The number of aliphatic hydroxyl groups is 1. The molecule has 0 spiro atoms. The minimum Gasteiger partial charge on any atom is -0.458 e. The first kappa shape index (κ1) is 19.2. The Kier molecular flexibility index (Phi) is 4.42. The number of ether oxygens (including phenoxy) is 1. The third-order valence-electron chi connectivity index (χ3n) is 5.70. The molecule has 9 heteroatoms. The van der Waals surface area contributed by atoms with Gasteiger partial charge >= 0.3 is 5.97 Å². The molecule has 4 heterocycles. The lowest BCUT2D eigenvalue weighted by Crippen LogP contribution is -2.32. The first-order valence-corrected chi connectivity index (χ1v) is 10.6. The fourth-order valence-electron chi connectivity index (χ4n) is 4.25. The van der Waals surface area contributed by atoms with Gasteiger partial charge in [-0.1, -0.05) is 0 Å². The number of nitrogens with one attached hydrogen (secondary N) is 1. The topological polar surface area (TPSA) is 93.5 Å². The number of cyclic esters (lactones) is 1. The largest absolute Gasteiger partial charge is 0.458 e. The van der Waals surface area contributed by atoms with Crippen molar-refractivity contribution >= 4 is 28.6 Å². The van der Waals surface area contributed by atoms with Crippen molar-refractivity contribution in [3.8, 4) is 11.4 Å². The van der Waals surface area contributed by atoms with Crippen molar-refractivity contribution in [2.24, 2.45) is 0 Å². The molecule has 0 aliphatic carbocycles. The van der Waals surface area contributed by atoms with Gasteiger partial charge in [0.2, 0.25) is 0 Å². The minimum atomic E-state index is -1.50. The van der Waals surface area contributed by atoms with E-state index in [1.807, 2.05) is 13.3 Å². The van der Waals surface area contributed by atoms with E-state index in [1.54, 1.807) is 16.7 Å². The molecule has 0 bridgehead atoms. The summed E-state index contributed by atoms with van der Waals surface area (Å²) >= 11 is 1.33. The van der Waals surface area contributed by atoms with Gasteiger partial charge in [0.25, 0.3) is 5.56 Å². The molecule has 1 aromatic carbocycles. The second kappa shape index (κ2) is 6.90. The number of fused-ring (bicyclic) bond motifs is 5. The Balaban J connectivity index is 1.81. The summed E-state index contributed by atoms with van der Waals surface area (Å²) in [5.41, 5.74) is 3.59. The molecular formula is C21H18FN3O4S. The number of carbonyl (C=O) groups is 1. The van der Waals surface area contributed by atoms with Gasteiger partial charge in [-0.3, -0.25) is 4.79 Å². The predicted molar refractivity (Wildman–Crippen MR) is 110 cm³/mol. The van der Waals surface area contributed by atoms with Crippen molar-refractivity contribution in [2.45, 2.75) is 30.7 Å². The molecule has 1 atom stereocenters. The third kappa shape index (κ3) is 2.62. The molecule has 0 saturated heterocycles. The van der Waals surface area contributed by atoms with Gasteiger partial charge in [-0.05, 0) is 31.0 Å². The Labute approximate surface area is 174 Å². The van der Waals surface area contributed by atoms with Gasteiger partial charge in [-0.25, -0.2) is 14.2 Å². The molecule has 0 amide bonds. The summed E-state index contributed by atoms with van der Waals surface area (Å²) in [7, 11) is 1.82. The number of esters is 1. The molecule has 2 aliphatic heterocycles. The zero-order chi connectivity index (χ0) is 21.2. The number of thioether (sulfide) groups is 1. The zero-order valence-corrected chi connectivity index (χ0v) is 17.1. The van der Waals surface area contributed by atoms with E-state index in [-0.39, 0.29) is 29.1 Å². The zero-order valence-electron chi connectivity index (χ0n) is 16.3. The summed E-state index contributed by atoms with van der Waals surface area (Å²) in [6, 6.07) is 4.83. The highest BCUT2D eigenvalue weighted by Gasteiger charge is 2.34. The van der Waals surface area contributed by atoms with Gasteiger partial charge in [0.15, 0.2) is 6.10 Å². The molecule has 3 aromatic rings. The van der Waals surface area contributed by atoms with Crippen molar-refractivity contribution in [1.82, 2.24) is 14.9 Å². The molecule has 154 valence electrons. The molecule has 7 nitrogen and oxygen atoms in total. The maximum atomic E-state index is 14.5. The van der Waals surface area contributed by atoms with E-state index >= 15 is 0 Å². The fourth-order valence-corrected chi connectivity index (χ4v) is 4.74. The summed E-state index contributed by atoms with van der Waals surface area (Å²) in [6.07, 6.45) is 0.312. The van der Waals surface area contributed by atoms with Gasteiger partial charge in [-0.2, -0.15) is 0 Å². The minimum absolute atomic E-state index is 0.165. The molecule has 2 aromatic heterocycles. The summed E-state index contributed by atoms with van der Waals surface area (Å²) in [4.78, 5) is 30.1. The number of rotatable bonds is 3. The molecule has 0 fully saturated rings. The monoisotopic (exact) mass is 427 g/mol. The summed E-state index contributed by atoms with van der Waals surface area (Å²) < 4.78 is 21.0. The Bertz CT molecular complexity index is 1300. The van der Waals surface area contributed by atoms with E-state index in [0.29, 0.717) is 34.9 Å². The van der Waals surface area contributed by atoms with Gasteiger partial charge in [0.05, 0.1) is 29.0 Å². The molecule has 2 N–H and O–H groups in total. The number of carbonyl (C=O) groups excluding carboxylic acids is 1. The van der Waals surface area contributed by atoms with Crippen LogP contribution in [0.25, 0.3) is 22.3 Å². The SMILES string of the molecule is CNCc1c2c(nc3cc(F)c(SC)cc13)-c1cc3c(c(=O)n1C2)COC(=O)C3O. The fraction of sp³-hybridized carbons (Fsp3) is 0.286. The molecule has 0 saturated carbocycles. The maximum Gasteiger partial charge on any atom is 0.340 e. The first-order valence-electron chi connectivity index (χ1n) is 9.39. The Morgan fingerprint density at radius 1 is 1.33 bits per heavy atom. The van der Waals surface area contributed by atoms with Crippen LogP contribution in [0.1, 0.15) is 28.4 Å². The molecule has 5 rings (SSSR count). The number of aliphatic hydroxyl groups excluding tert-OH is 1. The number of pyridine rings is 2. The number of hydrogen-bond donors (Lipinski definition) is 2. The van der Waals surface area contributed by atoms with Gasteiger partial charge < -0.3 is 19.7 Å². The average molecular weight is 427 g/mol. The highest BCUT2D eigenvalue weighted by atomic mass is 32.2. The van der Waals surface area contributed by atoms with E-state index in [9.17, 15) is 19.1 Å². The number of halogens is 1. The van der Waals surface area contributed by atoms with Crippen LogP contribution >= 0.6 is 11.8 Å². The van der Waals surface area contributed by atoms with Crippen molar-refractivity contribution in [1.29, 1.82) is 0 Å². The predicted octanol–water partition coefficient (Wildman–Crippen LogP) is 2.10. The van der Waals surface area contributed by atoms with E-state index < -0.39 is 12.1 Å². The summed E-state index contributed by atoms with van der Waals surface area (Å²) in [6.45, 7) is 0.669. The van der Waals surface area contributed by atoms with E-state index in [1.165, 1.54) is 17.8 Å². The van der Waals surface area contributed by atoms with Crippen molar-refractivity contribution < 1.29 is 19.0 Å². The van der Waals surface area contributed by atoms with Crippen LogP contribution in [0.5, 0.6) is 0 Å². The molecular weight excluding hydrogens is 409 g/mol. The number of aromatic nitrogens is 2. The Morgan fingerprint density at radius 3 is 2.87 bits per heavy atom. The highest BCUT2D eigenvalue weighted by Crippen LogP contribution is 2.39. The summed E-state index contributed by atoms with van der Waals surface area (Å²) in [5.74, 6) is -1.13. The van der Waals surface area contributed by atoms with Crippen molar-refractivity contribution in [3.05, 3.63) is 56.6 Å². The van der Waals surface area contributed by atoms with Crippen LogP contribution in [0.4, 0.5) is 4.39 Å². The summed E-state index contributed by atoms with van der Waals surface area (Å²) in [5, 5.41) is 14.2. The molecule has 1 unspecified atom stereocenters. The average Bonchev–Trinajstić information content (AvgIpc) is 3.09. The van der Waals surface area contributed by atoms with Gasteiger partial charge in [0, 0.05) is 34.0 Å². The lowest BCUT2D eigenvalue weighted by molar-refractivity contribution is -0.157. The first-order chi connectivity index (χ1) is 14.4. The molecule has 30 heavy (non-hydrogen) atoms. The van der Waals surface area contributed by atoms with Crippen LogP contribution in [0.3, 0.4) is 0 Å².